The van der Waals surface area contributed by atoms with Crippen LogP contribution in [0, 0.1) is 0 Å². The van der Waals surface area contributed by atoms with Gasteiger partial charge in [-0.3, -0.25) is 14.5 Å². The van der Waals surface area contributed by atoms with Gasteiger partial charge in [-0.2, -0.15) is 0 Å². The Morgan fingerprint density at radius 1 is 1.15 bits per heavy atom. The maximum absolute atomic E-state index is 12.1. The average Bonchev–Trinajstić information content (AvgIpc) is 2.97. The quantitative estimate of drug-likeness (QED) is 0.872. The lowest BCUT2D eigenvalue weighted by Gasteiger charge is -2.12. The molecule has 2 amide bonds. The van der Waals surface area contributed by atoms with E-state index in [0.717, 1.165) is 11.3 Å². The zero-order valence-electron chi connectivity index (χ0n) is 10.7. The summed E-state index contributed by atoms with van der Waals surface area (Å²) in [5.74, 6) is -0.399. The topological polar surface area (TPSA) is 76.3 Å². The SMILES string of the molecule is Nc1ncc(CCCN2C(=O)c3ccccc3C2=O)s1. The van der Waals surface area contributed by atoms with Crippen molar-refractivity contribution in [1.82, 2.24) is 9.88 Å². The fraction of sp³-hybridized carbons (Fsp3) is 0.214. The highest BCUT2D eigenvalue weighted by Gasteiger charge is 2.34. The van der Waals surface area contributed by atoms with Crippen molar-refractivity contribution in [3.63, 3.8) is 0 Å². The van der Waals surface area contributed by atoms with Crippen LogP contribution in [0.2, 0.25) is 0 Å². The minimum absolute atomic E-state index is 0.200. The summed E-state index contributed by atoms with van der Waals surface area (Å²) in [6.07, 6.45) is 3.22. The summed E-state index contributed by atoms with van der Waals surface area (Å²) in [6, 6.07) is 6.93. The van der Waals surface area contributed by atoms with Gasteiger partial charge in [-0.15, -0.1) is 11.3 Å². The van der Waals surface area contributed by atoms with E-state index in [4.69, 9.17) is 5.73 Å². The number of aryl methyl sites for hydroxylation is 1. The molecule has 0 spiro atoms. The molecule has 3 rings (SSSR count). The van der Waals surface area contributed by atoms with Gasteiger partial charge < -0.3 is 5.73 Å². The lowest BCUT2D eigenvalue weighted by Crippen LogP contribution is -2.30. The molecule has 0 radical (unpaired) electrons. The van der Waals surface area contributed by atoms with Crippen LogP contribution >= 0.6 is 11.3 Å². The first-order valence-corrected chi connectivity index (χ1v) is 7.14. The predicted molar refractivity (Wildman–Crippen MR) is 76.7 cm³/mol. The van der Waals surface area contributed by atoms with E-state index in [9.17, 15) is 9.59 Å². The maximum atomic E-state index is 12.1. The summed E-state index contributed by atoms with van der Waals surface area (Å²) in [6.45, 7) is 0.421. The molecule has 1 aliphatic heterocycles. The van der Waals surface area contributed by atoms with E-state index < -0.39 is 0 Å². The summed E-state index contributed by atoms with van der Waals surface area (Å²) in [5.41, 5.74) is 6.56. The van der Waals surface area contributed by atoms with Gasteiger partial charge in [-0.05, 0) is 25.0 Å². The molecule has 5 nitrogen and oxygen atoms in total. The minimum Gasteiger partial charge on any atom is -0.375 e. The van der Waals surface area contributed by atoms with Crippen molar-refractivity contribution in [2.75, 3.05) is 12.3 Å². The number of nitrogen functional groups attached to an aromatic ring is 1. The third kappa shape index (κ3) is 2.18. The van der Waals surface area contributed by atoms with Crippen molar-refractivity contribution in [3.05, 3.63) is 46.5 Å². The number of nitrogens with two attached hydrogens (primary N) is 1. The Bertz CT molecular complexity index is 646. The normalized spacial score (nSPS) is 13.9. The lowest BCUT2D eigenvalue weighted by molar-refractivity contribution is 0.0652. The van der Waals surface area contributed by atoms with Crippen LogP contribution in [0.4, 0.5) is 5.13 Å². The van der Waals surface area contributed by atoms with Gasteiger partial charge >= 0.3 is 0 Å². The number of carbonyl (C=O) groups is 2. The van der Waals surface area contributed by atoms with Crippen LogP contribution in [0.25, 0.3) is 0 Å². The third-order valence-corrected chi connectivity index (χ3v) is 4.14. The first kappa shape index (κ1) is 12.8. The van der Waals surface area contributed by atoms with Gasteiger partial charge in [0, 0.05) is 17.6 Å². The second-order valence-corrected chi connectivity index (χ2v) is 5.72. The summed E-state index contributed by atoms with van der Waals surface area (Å²) in [4.78, 5) is 30.6. The summed E-state index contributed by atoms with van der Waals surface area (Å²) < 4.78 is 0. The molecule has 0 aliphatic carbocycles. The van der Waals surface area contributed by atoms with Crippen molar-refractivity contribution in [3.8, 4) is 0 Å². The number of hydrogen-bond donors (Lipinski definition) is 1. The number of anilines is 1. The summed E-state index contributed by atoms with van der Waals surface area (Å²) in [7, 11) is 0. The number of nitrogens with zero attached hydrogens (tertiary/aromatic N) is 2. The first-order chi connectivity index (χ1) is 9.66. The molecule has 0 saturated carbocycles. The van der Waals surface area contributed by atoms with Crippen molar-refractivity contribution >= 4 is 28.3 Å². The monoisotopic (exact) mass is 287 g/mol. The molecule has 1 aromatic carbocycles. The Hall–Kier alpha value is -2.21. The molecule has 0 saturated heterocycles. The molecule has 2 heterocycles. The second-order valence-electron chi connectivity index (χ2n) is 4.58. The molecule has 1 aromatic heterocycles. The van der Waals surface area contributed by atoms with Crippen LogP contribution in [0.15, 0.2) is 30.5 Å². The Morgan fingerprint density at radius 3 is 2.35 bits per heavy atom. The molecule has 6 heteroatoms. The highest BCUT2D eigenvalue weighted by Crippen LogP contribution is 2.23. The van der Waals surface area contributed by atoms with Gasteiger partial charge in [0.1, 0.15) is 0 Å². The van der Waals surface area contributed by atoms with Crippen LogP contribution in [-0.2, 0) is 6.42 Å². The number of thiazole rings is 1. The standard InChI is InChI=1S/C14H13N3O2S/c15-14-16-8-9(20-14)4-3-7-17-12(18)10-5-1-2-6-11(10)13(17)19/h1-2,5-6,8H,3-4,7H2,(H2,15,16). The number of rotatable bonds is 4. The van der Waals surface area contributed by atoms with E-state index in [1.54, 1.807) is 30.5 Å². The lowest BCUT2D eigenvalue weighted by atomic mass is 10.1. The van der Waals surface area contributed by atoms with Crippen LogP contribution in [0.5, 0.6) is 0 Å². The largest absolute Gasteiger partial charge is 0.375 e. The van der Waals surface area contributed by atoms with Crippen LogP contribution in [-0.4, -0.2) is 28.2 Å². The second kappa shape index (κ2) is 5.05. The van der Waals surface area contributed by atoms with E-state index >= 15 is 0 Å². The Kier molecular flexibility index (Phi) is 3.23. The van der Waals surface area contributed by atoms with Crippen LogP contribution in [0.3, 0.4) is 0 Å². The molecule has 102 valence electrons. The van der Waals surface area contributed by atoms with Crippen molar-refractivity contribution < 1.29 is 9.59 Å². The molecule has 0 fully saturated rings. The van der Waals surface area contributed by atoms with Crippen molar-refractivity contribution in [2.24, 2.45) is 0 Å². The fourth-order valence-electron chi connectivity index (χ4n) is 2.29. The summed E-state index contributed by atoms with van der Waals surface area (Å²) >= 11 is 1.44. The number of hydrogen-bond acceptors (Lipinski definition) is 5. The minimum atomic E-state index is -0.200. The predicted octanol–water partition coefficient (Wildman–Crippen LogP) is 1.95. The third-order valence-electron chi connectivity index (χ3n) is 3.25. The molecule has 1 aliphatic rings. The van der Waals surface area contributed by atoms with E-state index in [1.165, 1.54) is 16.2 Å². The highest BCUT2D eigenvalue weighted by molar-refractivity contribution is 7.15. The van der Waals surface area contributed by atoms with Gasteiger partial charge in [-0.25, -0.2) is 4.98 Å². The fourth-order valence-corrected chi connectivity index (χ4v) is 3.02. The highest BCUT2D eigenvalue weighted by atomic mass is 32.1. The van der Waals surface area contributed by atoms with E-state index in [2.05, 4.69) is 4.98 Å². The Morgan fingerprint density at radius 2 is 1.80 bits per heavy atom. The van der Waals surface area contributed by atoms with E-state index in [0.29, 0.717) is 29.2 Å². The van der Waals surface area contributed by atoms with Gasteiger partial charge in [-0.1, -0.05) is 12.1 Å². The number of carbonyl (C=O) groups excluding carboxylic acids is 2. The van der Waals surface area contributed by atoms with E-state index in [1.807, 2.05) is 0 Å². The molecule has 0 atom stereocenters. The van der Waals surface area contributed by atoms with Crippen LogP contribution in [0.1, 0.15) is 32.0 Å². The summed E-state index contributed by atoms with van der Waals surface area (Å²) in [5, 5.41) is 0.542. The first-order valence-electron chi connectivity index (χ1n) is 6.32. The van der Waals surface area contributed by atoms with Gasteiger partial charge in [0.25, 0.3) is 11.8 Å². The average molecular weight is 287 g/mol. The smallest absolute Gasteiger partial charge is 0.261 e. The number of imide groups is 1. The zero-order chi connectivity index (χ0) is 14.1. The zero-order valence-corrected chi connectivity index (χ0v) is 11.5. The van der Waals surface area contributed by atoms with E-state index in [-0.39, 0.29) is 11.8 Å². The molecular formula is C14H13N3O2S. The molecular weight excluding hydrogens is 274 g/mol. The number of fused-ring (bicyclic) bond motifs is 1. The molecule has 0 bridgehead atoms. The van der Waals surface area contributed by atoms with Crippen molar-refractivity contribution in [2.45, 2.75) is 12.8 Å². The molecule has 20 heavy (non-hydrogen) atoms. The maximum Gasteiger partial charge on any atom is 0.261 e. The molecule has 2 aromatic rings. The van der Waals surface area contributed by atoms with Gasteiger partial charge in [0.05, 0.1) is 11.1 Å². The molecule has 0 unspecified atom stereocenters. The van der Waals surface area contributed by atoms with Crippen LogP contribution < -0.4 is 5.73 Å². The van der Waals surface area contributed by atoms with Gasteiger partial charge in [0.2, 0.25) is 0 Å². The Balaban J connectivity index is 1.65. The van der Waals surface area contributed by atoms with Crippen molar-refractivity contribution in [1.29, 1.82) is 0 Å². The van der Waals surface area contributed by atoms with Gasteiger partial charge in [0.15, 0.2) is 5.13 Å². The Labute approximate surface area is 120 Å². The number of amides is 2. The number of benzene rings is 1. The molecule has 2 N–H and O–H groups in total. The number of aromatic nitrogens is 1.